The first kappa shape index (κ1) is 14.3. The van der Waals surface area contributed by atoms with Crippen molar-refractivity contribution < 1.29 is 4.74 Å². The maximum absolute atomic E-state index is 5.96. The number of rotatable bonds is 6. The summed E-state index contributed by atoms with van der Waals surface area (Å²) in [5, 5.41) is 7.37. The second-order valence-corrected chi connectivity index (χ2v) is 4.54. The summed E-state index contributed by atoms with van der Waals surface area (Å²) >= 11 is 0. The lowest BCUT2D eigenvalue weighted by Crippen LogP contribution is -2.25. The van der Waals surface area contributed by atoms with Crippen molar-refractivity contribution >= 4 is 11.8 Å². The van der Waals surface area contributed by atoms with E-state index in [-0.39, 0.29) is 6.04 Å². The van der Waals surface area contributed by atoms with E-state index < -0.39 is 0 Å². The molecule has 2 aromatic rings. The molecule has 0 fully saturated rings. The van der Waals surface area contributed by atoms with Crippen molar-refractivity contribution in [3.05, 3.63) is 18.5 Å². The number of aryl methyl sites for hydroxylation is 1. The van der Waals surface area contributed by atoms with Crippen LogP contribution in [-0.4, -0.2) is 39.5 Å². The Bertz CT molecular complexity index is 568. The molecule has 0 aliphatic carbocycles. The van der Waals surface area contributed by atoms with E-state index in [2.05, 4.69) is 27.3 Å². The highest BCUT2D eigenvalue weighted by atomic mass is 16.5. The number of nitrogens with zero attached hydrogens (tertiary/aromatic N) is 4. The van der Waals surface area contributed by atoms with Crippen molar-refractivity contribution in [2.45, 2.75) is 19.4 Å². The van der Waals surface area contributed by atoms with Crippen LogP contribution in [-0.2, 0) is 11.8 Å². The standard InChI is InChI=1S/C13H20N6O/c1-4-9(8-20-3)17-13-15-6-5-11(18-13)10-7-16-19(2)12(10)14/h5-7,9H,4,8,14H2,1-3H3,(H,15,17,18). The van der Waals surface area contributed by atoms with E-state index in [9.17, 15) is 0 Å². The van der Waals surface area contributed by atoms with Gasteiger partial charge in [0.15, 0.2) is 0 Å². The molecule has 1 atom stereocenters. The second-order valence-electron chi connectivity index (χ2n) is 4.54. The van der Waals surface area contributed by atoms with E-state index in [1.54, 1.807) is 31.2 Å². The van der Waals surface area contributed by atoms with Crippen LogP contribution in [0.25, 0.3) is 11.3 Å². The van der Waals surface area contributed by atoms with Crippen LogP contribution >= 0.6 is 0 Å². The van der Waals surface area contributed by atoms with Crippen LogP contribution in [0.15, 0.2) is 18.5 Å². The summed E-state index contributed by atoms with van der Waals surface area (Å²) in [6.45, 7) is 2.69. The minimum Gasteiger partial charge on any atom is -0.383 e. The average molecular weight is 276 g/mol. The Balaban J connectivity index is 2.22. The van der Waals surface area contributed by atoms with Gasteiger partial charge in [-0.15, -0.1) is 0 Å². The molecule has 0 amide bonds. The van der Waals surface area contributed by atoms with Gasteiger partial charge in [0.1, 0.15) is 5.82 Å². The second kappa shape index (κ2) is 6.33. The molecule has 0 aromatic carbocycles. The highest BCUT2D eigenvalue weighted by molar-refractivity contribution is 5.70. The predicted molar refractivity (Wildman–Crippen MR) is 78.2 cm³/mol. The molecule has 0 aliphatic heterocycles. The molecular weight excluding hydrogens is 256 g/mol. The zero-order valence-electron chi connectivity index (χ0n) is 12.0. The van der Waals surface area contributed by atoms with Gasteiger partial charge < -0.3 is 15.8 Å². The fourth-order valence-corrected chi connectivity index (χ4v) is 1.87. The van der Waals surface area contributed by atoms with Crippen LogP contribution < -0.4 is 11.1 Å². The third-order valence-electron chi connectivity index (χ3n) is 3.11. The molecule has 2 heterocycles. The molecule has 3 N–H and O–H groups in total. The zero-order chi connectivity index (χ0) is 14.5. The minimum absolute atomic E-state index is 0.182. The average Bonchev–Trinajstić information content (AvgIpc) is 2.79. The van der Waals surface area contributed by atoms with Crippen LogP contribution in [0.3, 0.4) is 0 Å². The first-order chi connectivity index (χ1) is 9.65. The topological polar surface area (TPSA) is 90.9 Å². The normalized spacial score (nSPS) is 12.3. The van der Waals surface area contributed by atoms with Gasteiger partial charge in [0, 0.05) is 20.4 Å². The molecule has 0 saturated carbocycles. The lowest BCUT2D eigenvalue weighted by Gasteiger charge is -2.15. The summed E-state index contributed by atoms with van der Waals surface area (Å²) in [5.74, 6) is 1.15. The molecule has 0 aliphatic rings. The van der Waals surface area contributed by atoms with Gasteiger partial charge in [-0.2, -0.15) is 5.10 Å². The quantitative estimate of drug-likeness (QED) is 0.826. The van der Waals surface area contributed by atoms with Crippen LogP contribution in [0.1, 0.15) is 13.3 Å². The fraction of sp³-hybridized carbons (Fsp3) is 0.462. The molecule has 2 aromatic heterocycles. The Morgan fingerprint density at radius 1 is 1.50 bits per heavy atom. The SMILES string of the molecule is CCC(COC)Nc1nccc(-c2cnn(C)c2N)n1. The summed E-state index contributed by atoms with van der Waals surface area (Å²) in [5.41, 5.74) is 7.51. The van der Waals surface area contributed by atoms with E-state index in [0.717, 1.165) is 17.7 Å². The van der Waals surface area contributed by atoms with Gasteiger partial charge in [-0.3, -0.25) is 4.68 Å². The van der Waals surface area contributed by atoms with Gasteiger partial charge in [0.05, 0.1) is 30.1 Å². The lowest BCUT2D eigenvalue weighted by molar-refractivity contribution is 0.184. The number of nitrogens with two attached hydrogens (primary N) is 1. The lowest BCUT2D eigenvalue weighted by atomic mass is 10.2. The van der Waals surface area contributed by atoms with Gasteiger partial charge in [0.2, 0.25) is 5.95 Å². The molecule has 20 heavy (non-hydrogen) atoms. The molecule has 1 unspecified atom stereocenters. The van der Waals surface area contributed by atoms with Gasteiger partial charge in [-0.25, -0.2) is 9.97 Å². The number of anilines is 2. The number of nitrogen functional groups attached to an aromatic ring is 1. The number of hydrogen-bond acceptors (Lipinski definition) is 6. The number of ether oxygens (including phenoxy) is 1. The molecule has 0 saturated heterocycles. The monoisotopic (exact) mass is 276 g/mol. The largest absolute Gasteiger partial charge is 0.383 e. The zero-order valence-corrected chi connectivity index (χ0v) is 12.0. The number of hydrogen-bond donors (Lipinski definition) is 2. The summed E-state index contributed by atoms with van der Waals surface area (Å²) in [7, 11) is 3.48. The maximum atomic E-state index is 5.96. The van der Waals surface area contributed by atoms with E-state index >= 15 is 0 Å². The van der Waals surface area contributed by atoms with Crippen molar-refractivity contribution in [2.24, 2.45) is 7.05 Å². The van der Waals surface area contributed by atoms with Crippen LogP contribution in [0.4, 0.5) is 11.8 Å². The fourth-order valence-electron chi connectivity index (χ4n) is 1.87. The summed E-state index contributed by atoms with van der Waals surface area (Å²) in [4.78, 5) is 8.70. The van der Waals surface area contributed by atoms with Crippen molar-refractivity contribution in [3.63, 3.8) is 0 Å². The summed E-state index contributed by atoms with van der Waals surface area (Å²) < 4.78 is 6.77. The van der Waals surface area contributed by atoms with Crippen LogP contribution in [0.2, 0.25) is 0 Å². The number of aromatic nitrogens is 4. The van der Waals surface area contributed by atoms with Crippen molar-refractivity contribution in [1.82, 2.24) is 19.7 Å². The third kappa shape index (κ3) is 3.05. The molecule has 0 radical (unpaired) electrons. The Morgan fingerprint density at radius 3 is 2.90 bits per heavy atom. The number of methoxy groups -OCH3 is 1. The van der Waals surface area contributed by atoms with Gasteiger partial charge in [-0.05, 0) is 12.5 Å². The van der Waals surface area contributed by atoms with E-state index in [4.69, 9.17) is 10.5 Å². The summed E-state index contributed by atoms with van der Waals surface area (Å²) in [6.07, 6.45) is 4.33. The van der Waals surface area contributed by atoms with E-state index in [1.165, 1.54) is 0 Å². The van der Waals surface area contributed by atoms with Crippen LogP contribution in [0.5, 0.6) is 0 Å². The Kier molecular flexibility index (Phi) is 4.52. The third-order valence-corrected chi connectivity index (χ3v) is 3.11. The summed E-state index contributed by atoms with van der Waals surface area (Å²) in [6, 6.07) is 2.00. The van der Waals surface area contributed by atoms with E-state index in [1.807, 2.05) is 6.07 Å². The Labute approximate surface area is 118 Å². The minimum atomic E-state index is 0.182. The van der Waals surface area contributed by atoms with Crippen molar-refractivity contribution in [2.75, 3.05) is 24.8 Å². The van der Waals surface area contributed by atoms with Gasteiger partial charge in [0.25, 0.3) is 0 Å². The highest BCUT2D eigenvalue weighted by Crippen LogP contribution is 2.23. The molecule has 7 heteroatoms. The van der Waals surface area contributed by atoms with Crippen LogP contribution in [0, 0.1) is 0 Å². The van der Waals surface area contributed by atoms with Gasteiger partial charge in [-0.1, -0.05) is 6.92 Å². The molecule has 108 valence electrons. The predicted octanol–water partition coefficient (Wildman–Crippen LogP) is 1.30. The van der Waals surface area contributed by atoms with E-state index in [0.29, 0.717) is 18.4 Å². The first-order valence-electron chi connectivity index (χ1n) is 6.52. The smallest absolute Gasteiger partial charge is 0.223 e. The Morgan fingerprint density at radius 2 is 2.30 bits per heavy atom. The van der Waals surface area contributed by atoms with Gasteiger partial charge >= 0.3 is 0 Å². The number of nitrogens with one attached hydrogen (secondary N) is 1. The van der Waals surface area contributed by atoms with Crippen molar-refractivity contribution in [1.29, 1.82) is 0 Å². The maximum Gasteiger partial charge on any atom is 0.223 e. The molecule has 2 rings (SSSR count). The van der Waals surface area contributed by atoms with Crippen molar-refractivity contribution in [3.8, 4) is 11.3 Å². The molecule has 0 spiro atoms. The molecule has 7 nitrogen and oxygen atoms in total. The molecule has 0 bridgehead atoms. The highest BCUT2D eigenvalue weighted by Gasteiger charge is 2.11. The molecular formula is C13H20N6O. The Hall–Kier alpha value is -2.15. The first-order valence-corrected chi connectivity index (χ1v) is 6.52.